The number of hydrogen-bond donors (Lipinski definition) is 0. The molecule has 28 heavy (non-hydrogen) atoms. The summed E-state index contributed by atoms with van der Waals surface area (Å²) >= 11 is 6.11. The topological polar surface area (TPSA) is 60.7 Å². The zero-order valence-electron chi connectivity index (χ0n) is 15.7. The highest BCUT2D eigenvalue weighted by molar-refractivity contribution is 6.32. The van der Waals surface area contributed by atoms with Crippen molar-refractivity contribution in [1.82, 2.24) is 9.91 Å². The summed E-state index contributed by atoms with van der Waals surface area (Å²) in [6, 6.07) is 5.75. The number of halogens is 1. The number of anilines is 1. The van der Waals surface area contributed by atoms with Crippen molar-refractivity contribution in [3.05, 3.63) is 47.3 Å². The Morgan fingerprint density at radius 2 is 2.11 bits per heavy atom. The Bertz CT molecular complexity index is 871. The van der Waals surface area contributed by atoms with Crippen LogP contribution in [-0.4, -0.2) is 68.1 Å². The second-order valence-corrected chi connectivity index (χ2v) is 7.20. The highest BCUT2D eigenvalue weighted by Gasteiger charge is 2.25. The second kappa shape index (κ2) is 8.06. The molecule has 0 aromatic heterocycles. The number of carbonyl (C=O) groups excluding carboxylic acids is 1. The summed E-state index contributed by atoms with van der Waals surface area (Å²) in [5.41, 5.74) is 1.91. The number of ether oxygens (including phenoxy) is 1. The largest absolute Gasteiger partial charge is 0.495 e. The first-order valence-corrected chi connectivity index (χ1v) is 9.61. The number of fused-ring (bicyclic) bond motifs is 1. The number of aliphatic imine (C=N–C) groups is 1. The van der Waals surface area contributed by atoms with Gasteiger partial charge in [0.2, 0.25) is 5.91 Å². The van der Waals surface area contributed by atoms with Crippen molar-refractivity contribution in [2.75, 3.05) is 44.7 Å². The fraction of sp³-hybridized carbons (Fsp3) is 0.350. The van der Waals surface area contributed by atoms with Crippen LogP contribution in [0.3, 0.4) is 0 Å². The molecule has 1 saturated heterocycles. The first-order chi connectivity index (χ1) is 13.6. The number of hydrogen-bond acceptors (Lipinski definition) is 6. The van der Waals surface area contributed by atoms with Crippen LogP contribution in [0.15, 0.2) is 52.3 Å². The minimum atomic E-state index is 0.0652. The summed E-state index contributed by atoms with van der Waals surface area (Å²) < 4.78 is 5.30. The first kappa shape index (κ1) is 18.6. The van der Waals surface area contributed by atoms with E-state index in [0.717, 1.165) is 24.5 Å². The molecule has 1 unspecified atom stereocenters. The number of rotatable bonds is 4. The van der Waals surface area contributed by atoms with Gasteiger partial charge in [0.1, 0.15) is 12.3 Å². The van der Waals surface area contributed by atoms with E-state index in [1.807, 2.05) is 35.4 Å². The molecule has 1 aromatic carbocycles. The van der Waals surface area contributed by atoms with Gasteiger partial charge in [-0.05, 0) is 18.2 Å². The average Bonchev–Trinajstić information content (AvgIpc) is 2.92. The minimum absolute atomic E-state index is 0.0652. The van der Waals surface area contributed by atoms with Gasteiger partial charge in [-0.3, -0.25) is 14.8 Å². The second-order valence-electron chi connectivity index (χ2n) is 6.80. The first-order valence-electron chi connectivity index (χ1n) is 9.23. The number of amides is 1. The Morgan fingerprint density at radius 3 is 2.89 bits per heavy atom. The van der Waals surface area contributed by atoms with Gasteiger partial charge in [0.15, 0.2) is 0 Å². The Morgan fingerprint density at radius 1 is 1.29 bits per heavy atom. The van der Waals surface area contributed by atoms with Crippen LogP contribution in [-0.2, 0) is 4.79 Å². The third kappa shape index (κ3) is 3.89. The van der Waals surface area contributed by atoms with Crippen molar-refractivity contribution in [1.29, 1.82) is 0 Å². The third-order valence-electron chi connectivity index (χ3n) is 5.06. The van der Waals surface area contributed by atoms with Crippen molar-refractivity contribution >= 4 is 35.6 Å². The lowest BCUT2D eigenvalue weighted by Gasteiger charge is -2.37. The maximum atomic E-state index is 12.8. The zero-order valence-corrected chi connectivity index (χ0v) is 16.4. The van der Waals surface area contributed by atoms with Gasteiger partial charge in [0.05, 0.1) is 24.0 Å². The number of methoxy groups -OCH3 is 1. The molecule has 1 amide bonds. The number of piperazine rings is 1. The summed E-state index contributed by atoms with van der Waals surface area (Å²) in [6.45, 7) is 3.07. The summed E-state index contributed by atoms with van der Waals surface area (Å²) in [5.74, 6) is 0.867. The molecule has 1 fully saturated rings. The van der Waals surface area contributed by atoms with Crippen LogP contribution in [0.4, 0.5) is 5.69 Å². The van der Waals surface area contributed by atoms with E-state index in [1.165, 1.54) is 0 Å². The van der Waals surface area contributed by atoms with E-state index in [4.69, 9.17) is 16.3 Å². The molecule has 7 nitrogen and oxygen atoms in total. The molecular weight excluding hydrogens is 378 g/mol. The molecule has 4 rings (SSSR count). The van der Waals surface area contributed by atoms with Gasteiger partial charge in [0.25, 0.3) is 0 Å². The van der Waals surface area contributed by atoms with Crippen molar-refractivity contribution < 1.29 is 9.53 Å². The number of benzene rings is 1. The summed E-state index contributed by atoms with van der Waals surface area (Å²) in [6.07, 6.45) is 9.35. The molecule has 146 valence electrons. The van der Waals surface area contributed by atoms with Crippen molar-refractivity contribution in [2.45, 2.75) is 0 Å². The predicted octanol–water partition coefficient (Wildman–Crippen LogP) is 2.40. The van der Waals surface area contributed by atoms with Gasteiger partial charge in [-0.1, -0.05) is 17.7 Å². The Balaban J connectivity index is 1.34. The van der Waals surface area contributed by atoms with Gasteiger partial charge in [-0.15, -0.1) is 0 Å². The highest BCUT2D eigenvalue weighted by atomic mass is 35.5. The van der Waals surface area contributed by atoms with Crippen LogP contribution < -0.4 is 9.64 Å². The maximum Gasteiger partial charge on any atom is 0.244 e. The molecule has 0 saturated carbocycles. The maximum absolute atomic E-state index is 12.8. The Kier molecular flexibility index (Phi) is 5.34. The van der Waals surface area contributed by atoms with Gasteiger partial charge in [0, 0.05) is 56.3 Å². The van der Waals surface area contributed by atoms with E-state index in [1.54, 1.807) is 24.5 Å². The van der Waals surface area contributed by atoms with Crippen molar-refractivity contribution in [3.8, 4) is 5.75 Å². The summed E-state index contributed by atoms with van der Waals surface area (Å²) in [4.78, 5) is 21.1. The van der Waals surface area contributed by atoms with Gasteiger partial charge >= 0.3 is 0 Å². The predicted molar refractivity (Wildman–Crippen MR) is 111 cm³/mol. The third-order valence-corrected chi connectivity index (χ3v) is 5.37. The van der Waals surface area contributed by atoms with Gasteiger partial charge in [-0.2, -0.15) is 5.10 Å². The Hall–Kier alpha value is -2.80. The van der Waals surface area contributed by atoms with E-state index in [9.17, 15) is 4.79 Å². The lowest BCUT2D eigenvalue weighted by molar-refractivity contribution is -0.132. The zero-order chi connectivity index (χ0) is 19.5. The van der Waals surface area contributed by atoms with E-state index in [0.29, 0.717) is 23.9 Å². The monoisotopic (exact) mass is 399 g/mol. The smallest absolute Gasteiger partial charge is 0.244 e. The molecular formula is C20H22ClN5O2. The molecule has 0 radical (unpaired) electrons. The lowest BCUT2D eigenvalue weighted by atomic mass is 10.1. The van der Waals surface area contributed by atoms with Crippen LogP contribution in [0.25, 0.3) is 0 Å². The quantitative estimate of drug-likeness (QED) is 0.780. The molecule has 0 aliphatic carbocycles. The molecule has 1 aromatic rings. The van der Waals surface area contributed by atoms with Gasteiger partial charge < -0.3 is 14.5 Å². The molecule has 2 bridgehead atoms. The number of nitrogens with zero attached hydrogens (tertiary/aromatic N) is 5. The average molecular weight is 400 g/mol. The van der Waals surface area contributed by atoms with E-state index < -0.39 is 0 Å². The van der Waals surface area contributed by atoms with Crippen LogP contribution in [0.1, 0.15) is 0 Å². The van der Waals surface area contributed by atoms with Crippen molar-refractivity contribution in [3.63, 3.8) is 0 Å². The van der Waals surface area contributed by atoms with E-state index in [-0.39, 0.29) is 18.4 Å². The van der Waals surface area contributed by atoms with Crippen molar-refractivity contribution in [2.24, 2.45) is 16.0 Å². The molecule has 3 heterocycles. The van der Waals surface area contributed by atoms with Crippen LogP contribution in [0.5, 0.6) is 5.75 Å². The fourth-order valence-corrected chi connectivity index (χ4v) is 3.65. The molecule has 1 atom stereocenters. The number of carbonyl (C=O) groups is 1. The summed E-state index contributed by atoms with van der Waals surface area (Å²) in [5, 5.41) is 6.72. The summed E-state index contributed by atoms with van der Waals surface area (Å²) in [7, 11) is 1.61. The standard InChI is InChI=1S/C20H22ClN5O2/c1-28-19-11-16(2-3-18(19)21)24-6-8-25(9-7-24)20(27)14-26-17-10-15(12-23-26)4-5-22-13-17/h2-5,10-13,15H,6-9,14H2,1H3. The van der Waals surface area contributed by atoms with Crippen LogP contribution in [0, 0.1) is 5.92 Å². The lowest BCUT2D eigenvalue weighted by Crippen LogP contribution is -2.51. The normalized spacial score (nSPS) is 20.9. The molecule has 0 N–H and O–H groups in total. The van der Waals surface area contributed by atoms with Crippen LogP contribution in [0.2, 0.25) is 5.02 Å². The SMILES string of the molecule is COc1cc(N2CCN(C(=O)CN3N=CC4C=CN=CC3=C4)CC2)ccc1Cl. The molecule has 3 aliphatic rings. The van der Waals surface area contributed by atoms with Crippen LogP contribution >= 0.6 is 11.6 Å². The van der Waals surface area contributed by atoms with Gasteiger partial charge in [-0.25, -0.2) is 0 Å². The number of hydrazone groups is 1. The molecule has 8 heteroatoms. The van der Waals surface area contributed by atoms with E-state index in [2.05, 4.69) is 21.1 Å². The molecule has 0 spiro atoms. The molecule has 3 aliphatic heterocycles. The fourth-order valence-electron chi connectivity index (χ4n) is 3.45. The Labute approximate surface area is 169 Å². The minimum Gasteiger partial charge on any atom is -0.495 e. The highest BCUT2D eigenvalue weighted by Crippen LogP contribution is 2.29. The van der Waals surface area contributed by atoms with E-state index >= 15 is 0 Å². The number of allylic oxidation sites excluding steroid dienone is 3.